The van der Waals surface area contributed by atoms with Crippen LogP contribution < -0.4 is 0 Å². The Labute approximate surface area is 86.6 Å². The number of benzene rings is 1. The SMILES string of the molecule is CC(C)N=Cc1ccc(C(F)(F)F)cc1. The molecule has 4 heteroatoms. The van der Waals surface area contributed by atoms with Crippen molar-refractivity contribution in [1.82, 2.24) is 0 Å². The number of halogens is 3. The predicted molar refractivity (Wildman–Crippen MR) is 54.2 cm³/mol. The summed E-state index contributed by atoms with van der Waals surface area (Å²) in [6.07, 6.45) is -2.70. The summed E-state index contributed by atoms with van der Waals surface area (Å²) >= 11 is 0. The first-order valence-corrected chi connectivity index (χ1v) is 4.60. The van der Waals surface area contributed by atoms with Crippen LogP contribution in [0.15, 0.2) is 29.3 Å². The minimum absolute atomic E-state index is 0.146. The lowest BCUT2D eigenvalue weighted by Crippen LogP contribution is -2.04. The number of hydrogen-bond acceptors (Lipinski definition) is 1. The molecule has 0 bridgehead atoms. The molecule has 0 atom stereocenters. The van der Waals surface area contributed by atoms with Crippen LogP contribution >= 0.6 is 0 Å². The number of alkyl halides is 3. The van der Waals surface area contributed by atoms with E-state index in [1.54, 1.807) is 6.21 Å². The van der Waals surface area contributed by atoms with Crippen LogP contribution in [0.5, 0.6) is 0 Å². The second-order valence-corrected chi connectivity index (χ2v) is 3.49. The predicted octanol–water partition coefficient (Wildman–Crippen LogP) is 3.53. The number of aliphatic imine (C=N–C) groups is 1. The van der Waals surface area contributed by atoms with E-state index in [0.717, 1.165) is 12.1 Å². The molecule has 0 aliphatic heterocycles. The van der Waals surface area contributed by atoms with Crippen LogP contribution in [0, 0.1) is 0 Å². The van der Waals surface area contributed by atoms with E-state index < -0.39 is 11.7 Å². The summed E-state index contributed by atoms with van der Waals surface area (Å²) in [6, 6.07) is 5.08. The van der Waals surface area contributed by atoms with Gasteiger partial charge in [-0.2, -0.15) is 13.2 Å². The molecule has 0 saturated carbocycles. The van der Waals surface area contributed by atoms with Crippen LogP contribution in [-0.4, -0.2) is 12.3 Å². The molecule has 1 nitrogen and oxygen atoms in total. The quantitative estimate of drug-likeness (QED) is 0.669. The maximum Gasteiger partial charge on any atom is 0.416 e. The molecule has 0 heterocycles. The van der Waals surface area contributed by atoms with Gasteiger partial charge >= 0.3 is 6.18 Å². The summed E-state index contributed by atoms with van der Waals surface area (Å²) in [5.74, 6) is 0. The number of hydrogen-bond donors (Lipinski definition) is 0. The fourth-order valence-corrected chi connectivity index (χ4v) is 0.993. The zero-order valence-corrected chi connectivity index (χ0v) is 8.55. The van der Waals surface area contributed by atoms with E-state index in [0.29, 0.717) is 5.56 Å². The molecule has 1 aromatic rings. The van der Waals surface area contributed by atoms with Gasteiger partial charge in [0.1, 0.15) is 0 Å². The van der Waals surface area contributed by atoms with Gasteiger partial charge in [0.15, 0.2) is 0 Å². The summed E-state index contributed by atoms with van der Waals surface area (Å²) in [7, 11) is 0. The zero-order chi connectivity index (χ0) is 11.5. The second-order valence-electron chi connectivity index (χ2n) is 3.49. The third kappa shape index (κ3) is 3.73. The molecule has 15 heavy (non-hydrogen) atoms. The normalized spacial score (nSPS) is 12.7. The highest BCUT2D eigenvalue weighted by molar-refractivity contribution is 5.79. The average molecular weight is 215 g/mol. The van der Waals surface area contributed by atoms with E-state index >= 15 is 0 Å². The first-order valence-electron chi connectivity index (χ1n) is 4.60. The average Bonchev–Trinajstić information content (AvgIpc) is 2.14. The van der Waals surface area contributed by atoms with Crippen molar-refractivity contribution in [2.75, 3.05) is 0 Å². The molecule has 0 spiro atoms. The van der Waals surface area contributed by atoms with E-state index in [1.807, 2.05) is 13.8 Å². The van der Waals surface area contributed by atoms with Crippen LogP contribution in [0.1, 0.15) is 25.0 Å². The molecular weight excluding hydrogens is 203 g/mol. The largest absolute Gasteiger partial charge is 0.416 e. The number of nitrogens with zero attached hydrogens (tertiary/aromatic N) is 1. The minimum atomic E-state index is -4.27. The van der Waals surface area contributed by atoms with Crippen LogP contribution in [0.25, 0.3) is 0 Å². The Morgan fingerprint density at radius 3 is 2.07 bits per heavy atom. The molecule has 0 amide bonds. The lowest BCUT2D eigenvalue weighted by Gasteiger charge is -2.05. The second kappa shape index (κ2) is 4.47. The van der Waals surface area contributed by atoms with Crippen molar-refractivity contribution in [2.24, 2.45) is 4.99 Å². The minimum Gasteiger partial charge on any atom is -0.290 e. The zero-order valence-electron chi connectivity index (χ0n) is 8.55. The molecule has 0 fully saturated rings. The topological polar surface area (TPSA) is 12.4 Å². The van der Waals surface area contributed by atoms with Gasteiger partial charge in [-0.1, -0.05) is 12.1 Å². The lowest BCUT2D eigenvalue weighted by molar-refractivity contribution is -0.137. The fraction of sp³-hybridized carbons (Fsp3) is 0.364. The molecule has 0 aliphatic rings. The standard InChI is InChI=1S/C11H12F3N/c1-8(2)15-7-9-3-5-10(6-4-9)11(12,13)14/h3-8H,1-2H3. The first kappa shape index (κ1) is 11.8. The monoisotopic (exact) mass is 215 g/mol. The molecule has 1 aromatic carbocycles. The van der Waals surface area contributed by atoms with E-state index in [1.165, 1.54) is 12.1 Å². The Balaban J connectivity index is 2.82. The Kier molecular flexibility index (Phi) is 3.50. The van der Waals surface area contributed by atoms with E-state index in [4.69, 9.17) is 0 Å². The number of rotatable bonds is 2. The Bertz CT molecular complexity index is 336. The van der Waals surface area contributed by atoms with Crippen molar-refractivity contribution >= 4 is 6.21 Å². The Morgan fingerprint density at radius 2 is 1.67 bits per heavy atom. The van der Waals surface area contributed by atoms with Crippen LogP contribution in [0.4, 0.5) is 13.2 Å². The van der Waals surface area contributed by atoms with E-state index in [2.05, 4.69) is 4.99 Å². The Hall–Kier alpha value is -1.32. The highest BCUT2D eigenvalue weighted by atomic mass is 19.4. The molecule has 0 aromatic heterocycles. The third-order valence-electron chi connectivity index (χ3n) is 1.76. The molecule has 0 N–H and O–H groups in total. The van der Waals surface area contributed by atoms with Crippen LogP contribution in [0.2, 0.25) is 0 Å². The lowest BCUT2D eigenvalue weighted by atomic mass is 10.1. The van der Waals surface area contributed by atoms with Crippen molar-refractivity contribution in [1.29, 1.82) is 0 Å². The summed E-state index contributed by atoms with van der Waals surface area (Å²) in [5, 5.41) is 0. The van der Waals surface area contributed by atoms with Gasteiger partial charge in [0, 0.05) is 12.3 Å². The van der Waals surface area contributed by atoms with Crippen LogP contribution in [-0.2, 0) is 6.18 Å². The highest BCUT2D eigenvalue weighted by Gasteiger charge is 2.29. The molecular formula is C11H12F3N. The summed E-state index contributed by atoms with van der Waals surface area (Å²) in [4.78, 5) is 4.08. The van der Waals surface area contributed by atoms with Gasteiger partial charge in [-0.05, 0) is 31.5 Å². The van der Waals surface area contributed by atoms with Gasteiger partial charge in [0.2, 0.25) is 0 Å². The fourth-order valence-electron chi connectivity index (χ4n) is 0.993. The first-order chi connectivity index (χ1) is 6.89. The van der Waals surface area contributed by atoms with Gasteiger partial charge in [0.05, 0.1) is 5.56 Å². The van der Waals surface area contributed by atoms with Gasteiger partial charge in [0.25, 0.3) is 0 Å². The maximum absolute atomic E-state index is 12.2. The van der Waals surface area contributed by atoms with Gasteiger partial charge in [-0.15, -0.1) is 0 Å². The maximum atomic E-state index is 12.2. The van der Waals surface area contributed by atoms with Crippen LogP contribution in [0.3, 0.4) is 0 Å². The molecule has 0 aliphatic carbocycles. The van der Waals surface area contributed by atoms with Crippen molar-refractivity contribution in [3.8, 4) is 0 Å². The third-order valence-corrected chi connectivity index (χ3v) is 1.76. The van der Waals surface area contributed by atoms with Crippen molar-refractivity contribution in [2.45, 2.75) is 26.1 Å². The van der Waals surface area contributed by atoms with Crippen molar-refractivity contribution < 1.29 is 13.2 Å². The smallest absolute Gasteiger partial charge is 0.290 e. The molecule has 0 unspecified atom stereocenters. The molecule has 1 rings (SSSR count). The summed E-state index contributed by atoms with van der Waals surface area (Å²) in [6.45, 7) is 3.81. The molecule has 0 radical (unpaired) electrons. The van der Waals surface area contributed by atoms with Crippen molar-refractivity contribution in [3.63, 3.8) is 0 Å². The van der Waals surface area contributed by atoms with Gasteiger partial charge < -0.3 is 0 Å². The van der Waals surface area contributed by atoms with Gasteiger partial charge in [-0.25, -0.2) is 0 Å². The Morgan fingerprint density at radius 1 is 1.13 bits per heavy atom. The summed E-state index contributed by atoms with van der Waals surface area (Å²) in [5.41, 5.74) is 0.0425. The van der Waals surface area contributed by atoms with Gasteiger partial charge in [-0.3, -0.25) is 4.99 Å². The van der Waals surface area contributed by atoms with E-state index in [-0.39, 0.29) is 6.04 Å². The summed E-state index contributed by atoms with van der Waals surface area (Å²) < 4.78 is 36.6. The molecule has 82 valence electrons. The van der Waals surface area contributed by atoms with E-state index in [9.17, 15) is 13.2 Å². The highest BCUT2D eigenvalue weighted by Crippen LogP contribution is 2.28. The molecule has 0 saturated heterocycles. The van der Waals surface area contributed by atoms with Crippen molar-refractivity contribution in [3.05, 3.63) is 35.4 Å².